The molecule has 0 spiro atoms. The van der Waals surface area contributed by atoms with Gasteiger partial charge in [0.05, 0.1) is 11.6 Å². The van der Waals surface area contributed by atoms with E-state index in [1.807, 2.05) is 54.6 Å². The third kappa shape index (κ3) is 2.29. The van der Waals surface area contributed by atoms with Gasteiger partial charge in [0, 0.05) is 0 Å². The summed E-state index contributed by atoms with van der Waals surface area (Å²) in [4.78, 5) is 0. The second-order valence-corrected chi connectivity index (χ2v) is 4.15. The lowest BCUT2D eigenvalue weighted by atomic mass is 10.0. The van der Waals surface area contributed by atoms with E-state index in [1.165, 1.54) is 0 Å². The van der Waals surface area contributed by atoms with Gasteiger partial charge in [0.2, 0.25) is 6.79 Å². The maximum atomic E-state index is 9.30. The molecule has 0 saturated carbocycles. The van der Waals surface area contributed by atoms with E-state index >= 15 is 0 Å². The summed E-state index contributed by atoms with van der Waals surface area (Å²) in [6, 6.07) is 17.5. The van der Waals surface area contributed by atoms with Gasteiger partial charge in [-0.15, -0.1) is 0 Å². The quantitative estimate of drug-likeness (QED) is 0.604. The molecule has 2 aromatic rings. The van der Waals surface area contributed by atoms with E-state index in [9.17, 15) is 5.26 Å². The molecular weight excluding hydrogens is 238 g/mol. The summed E-state index contributed by atoms with van der Waals surface area (Å²) >= 11 is 0. The van der Waals surface area contributed by atoms with Crippen molar-refractivity contribution in [2.75, 3.05) is 6.79 Å². The predicted octanol–water partition coefficient (Wildman–Crippen LogP) is 3.48. The Hall–Kier alpha value is -2.73. The summed E-state index contributed by atoms with van der Waals surface area (Å²) in [6.07, 6.45) is 1.86. The van der Waals surface area contributed by atoms with E-state index in [0.29, 0.717) is 11.3 Å². The number of hydrogen-bond acceptors (Lipinski definition) is 3. The molecule has 0 aliphatic carbocycles. The molecule has 0 saturated heterocycles. The number of fused-ring (bicyclic) bond motifs is 1. The van der Waals surface area contributed by atoms with Gasteiger partial charge >= 0.3 is 0 Å². The highest BCUT2D eigenvalue weighted by molar-refractivity contribution is 5.90. The van der Waals surface area contributed by atoms with Gasteiger partial charge in [-0.1, -0.05) is 30.3 Å². The topological polar surface area (TPSA) is 42.2 Å². The van der Waals surface area contributed by atoms with Crippen molar-refractivity contribution < 1.29 is 9.47 Å². The third-order valence-corrected chi connectivity index (χ3v) is 2.91. The maximum Gasteiger partial charge on any atom is 0.231 e. The second-order valence-electron chi connectivity index (χ2n) is 4.15. The van der Waals surface area contributed by atoms with Gasteiger partial charge in [0.1, 0.15) is 0 Å². The first-order valence-electron chi connectivity index (χ1n) is 5.94. The highest BCUT2D eigenvalue weighted by Gasteiger charge is 2.14. The number of hydrogen-bond donors (Lipinski definition) is 0. The van der Waals surface area contributed by atoms with E-state index in [2.05, 4.69) is 6.07 Å². The number of rotatable bonds is 2. The third-order valence-electron chi connectivity index (χ3n) is 2.91. The Balaban J connectivity index is 2.00. The summed E-state index contributed by atoms with van der Waals surface area (Å²) in [5.74, 6) is 1.41. The molecule has 0 N–H and O–H groups in total. The summed E-state index contributed by atoms with van der Waals surface area (Å²) in [6.45, 7) is 0.239. The minimum Gasteiger partial charge on any atom is -0.454 e. The van der Waals surface area contributed by atoms with Crippen LogP contribution in [0, 0.1) is 11.3 Å². The molecule has 1 heterocycles. The van der Waals surface area contributed by atoms with E-state index in [0.717, 1.165) is 16.9 Å². The zero-order chi connectivity index (χ0) is 13.1. The fourth-order valence-electron chi connectivity index (χ4n) is 1.96. The van der Waals surface area contributed by atoms with E-state index in [-0.39, 0.29) is 6.79 Å². The Bertz CT molecular complexity index is 669. The molecular formula is C16H11NO2. The Labute approximate surface area is 111 Å². The molecule has 0 fully saturated rings. The van der Waals surface area contributed by atoms with Gasteiger partial charge in [-0.25, -0.2) is 0 Å². The molecule has 19 heavy (non-hydrogen) atoms. The minimum absolute atomic E-state index is 0.239. The van der Waals surface area contributed by atoms with E-state index in [4.69, 9.17) is 9.47 Å². The van der Waals surface area contributed by atoms with Gasteiger partial charge in [0.25, 0.3) is 0 Å². The monoisotopic (exact) mass is 249 g/mol. The number of nitriles is 1. The molecule has 3 nitrogen and oxygen atoms in total. The summed E-state index contributed by atoms with van der Waals surface area (Å²) in [5.41, 5.74) is 2.43. The molecule has 3 rings (SSSR count). The van der Waals surface area contributed by atoms with Crippen molar-refractivity contribution in [3.8, 4) is 17.6 Å². The first kappa shape index (κ1) is 11.4. The molecule has 0 aromatic heterocycles. The molecule has 1 aliphatic rings. The van der Waals surface area contributed by atoms with Gasteiger partial charge in [0.15, 0.2) is 11.5 Å². The lowest BCUT2D eigenvalue weighted by Gasteiger charge is -2.02. The van der Waals surface area contributed by atoms with Crippen molar-refractivity contribution in [2.45, 2.75) is 0 Å². The second kappa shape index (κ2) is 4.87. The van der Waals surface area contributed by atoms with Crippen LogP contribution in [0.15, 0.2) is 48.5 Å². The first-order valence-corrected chi connectivity index (χ1v) is 5.94. The van der Waals surface area contributed by atoms with Gasteiger partial charge in [-0.3, -0.25) is 0 Å². The minimum atomic E-state index is 0.239. The Kier molecular flexibility index (Phi) is 2.91. The Morgan fingerprint density at radius 3 is 2.63 bits per heavy atom. The molecule has 0 bridgehead atoms. The average Bonchev–Trinajstić information content (AvgIpc) is 2.93. The molecule has 0 atom stereocenters. The number of benzene rings is 2. The van der Waals surface area contributed by atoms with Crippen LogP contribution in [-0.2, 0) is 0 Å². The van der Waals surface area contributed by atoms with Crippen molar-refractivity contribution in [1.82, 2.24) is 0 Å². The van der Waals surface area contributed by atoms with Gasteiger partial charge in [-0.05, 0) is 35.4 Å². The van der Waals surface area contributed by atoms with Crippen LogP contribution >= 0.6 is 0 Å². The zero-order valence-corrected chi connectivity index (χ0v) is 10.2. The Morgan fingerprint density at radius 1 is 1.05 bits per heavy atom. The fraction of sp³-hybridized carbons (Fsp3) is 0.0625. The van der Waals surface area contributed by atoms with Crippen LogP contribution in [-0.4, -0.2) is 6.79 Å². The summed E-state index contributed by atoms with van der Waals surface area (Å²) in [5, 5.41) is 9.30. The normalized spacial score (nSPS) is 13.1. The van der Waals surface area contributed by atoms with Crippen molar-refractivity contribution in [3.05, 3.63) is 59.7 Å². The number of ether oxygens (including phenoxy) is 2. The van der Waals surface area contributed by atoms with Gasteiger partial charge in [-0.2, -0.15) is 5.26 Å². The van der Waals surface area contributed by atoms with Crippen molar-refractivity contribution in [1.29, 1.82) is 5.26 Å². The molecule has 2 aromatic carbocycles. The van der Waals surface area contributed by atoms with Crippen LogP contribution < -0.4 is 9.47 Å². The predicted molar refractivity (Wildman–Crippen MR) is 72.5 cm³/mol. The van der Waals surface area contributed by atoms with Crippen molar-refractivity contribution in [2.24, 2.45) is 0 Å². The van der Waals surface area contributed by atoms with Gasteiger partial charge < -0.3 is 9.47 Å². The summed E-state index contributed by atoms with van der Waals surface area (Å²) in [7, 11) is 0. The van der Waals surface area contributed by atoms with Crippen molar-refractivity contribution >= 4 is 11.6 Å². The Morgan fingerprint density at radius 2 is 1.84 bits per heavy atom. The first-order chi connectivity index (χ1) is 9.36. The maximum absolute atomic E-state index is 9.30. The molecule has 0 radical (unpaired) electrons. The average molecular weight is 249 g/mol. The van der Waals surface area contributed by atoms with E-state index in [1.54, 1.807) is 0 Å². The smallest absolute Gasteiger partial charge is 0.231 e. The molecule has 0 unspecified atom stereocenters. The summed E-state index contributed by atoms with van der Waals surface area (Å²) < 4.78 is 10.6. The highest BCUT2D eigenvalue weighted by atomic mass is 16.7. The lowest BCUT2D eigenvalue weighted by molar-refractivity contribution is 0.174. The standard InChI is InChI=1S/C16H11NO2/c17-10-14(8-12-4-2-1-3-5-12)13-6-7-15-16(9-13)19-11-18-15/h1-9H,11H2/b14-8-. The van der Waals surface area contributed by atoms with Crippen LogP contribution in [0.5, 0.6) is 11.5 Å². The molecule has 0 amide bonds. The highest BCUT2D eigenvalue weighted by Crippen LogP contribution is 2.34. The number of allylic oxidation sites excluding steroid dienone is 1. The van der Waals surface area contributed by atoms with Crippen LogP contribution in [0.3, 0.4) is 0 Å². The zero-order valence-electron chi connectivity index (χ0n) is 10.2. The molecule has 92 valence electrons. The van der Waals surface area contributed by atoms with Crippen LogP contribution in [0.25, 0.3) is 11.6 Å². The van der Waals surface area contributed by atoms with Crippen LogP contribution in [0.4, 0.5) is 0 Å². The number of nitrogens with zero attached hydrogens (tertiary/aromatic N) is 1. The fourth-order valence-corrected chi connectivity index (χ4v) is 1.96. The largest absolute Gasteiger partial charge is 0.454 e. The van der Waals surface area contributed by atoms with E-state index < -0.39 is 0 Å². The SMILES string of the molecule is N#C/C(=C/c1ccccc1)c1ccc2c(c1)OCO2. The molecule has 1 aliphatic heterocycles. The molecule has 3 heteroatoms. The van der Waals surface area contributed by atoms with Crippen LogP contribution in [0.2, 0.25) is 0 Å². The van der Waals surface area contributed by atoms with Crippen molar-refractivity contribution in [3.63, 3.8) is 0 Å². The van der Waals surface area contributed by atoms with Crippen LogP contribution in [0.1, 0.15) is 11.1 Å². The lowest BCUT2D eigenvalue weighted by Crippen LogP contribution is -1.92.